The fourth-order valence-corrected chi connectivity index (χ4v) is 3.93. The van der Waals surface area contributed by atoms with Crippen LogP contribution in [-0.4, -0.2) is 10.7 Å². The van der Waals surface area contributed by atoms with E-state index in [1.165, 1.54) is 24.8 Å². The van der Waals surface area contributed by atoms with E-state index in [1.54, 1.807) is 0 Å². The van der Waals surface area contributed by atoms with Gasteiger partial charge >= 0.3 is 8.03 Å². The lowest BCUT2D eigenvalue weighted by atomic mass is 9.88. The first-order valence-corrected chi connectivity index (χ1v) is 8.43. The van der Waals surface area contributed by atoms with Crippen LogP contribution in [0.4, 0.5) is 0 Å². The summed E-state index contributed by atoms with van der Waals surface area (Å²) in [5.41, 5.74) is 1.17. The van der Waals surface area contributed by atoms with Gasteiger partial charge in [-0.15, -0.1) is 0 Å². The molecule has 3 atom stereocenters. The minimum Gasteiger partial charge on any atom is -0.264 e. The molecule has 0 spiro atoms. The standard InChI is InChI=1S/C15H22NO2P/c1-12(13-8-4-2-5-9-13)16-15(19(17)18)14-10-6-3-7-11-14/h2,4-5,8-9,12,14-16H,3,6-7,10-11H2,1H3/p+1/t12-,15+/m1/s1. The first-order valence-electron chi connectivity index (χ1n) is 7.14. The van der Waals surface area contributed by atoms with E-state index in [4.69, 9.17) is 0 Å². The summed E-state index contributed by atoms with van der Waals surface area (Å²) in [5.74, 6) is 0.0685. The highest BCUT2D eigenvalue weighted by Crippen LogP contribution is 2.37. The zero-order chi connectivity index (χ0) is 13.7. The van der Waals surface area contributed by atoms with Crippen molar-refractivity contribution in [3.63, 3.8) is 0 Å². The zero-order valence-electron chi connectivity index (χ0n) is 11.5. The second-order valence-electron chi connectivity index (χ2n) is 5.44. The van der Waals surface area contributed by atoms with Crippen LogP contribution in [0.5, 0.6) is 0 Å². The molecule has 2 N–H and O–H groups in total. The van der Waals surface area contributed by atoms with Gasteiger partial charge in [0.1, 0.15) is 0 Å². The number of rotatable bonds is 5. The van der Waals surface area contributed by atoms with Gasteiger partial charge in [0.15, 0.2) is 0 Å². The van der Waals surface area contributed by atoms with Gasteiger partial charge in [-0.25, -0.2) is 0 Å². The third-order valence-electron chi connectivity index (χ3n) is 4.05. The third kappa shape index (κ3) is 4.10. The number of hydrogen-bond donors (Lipinski definition) is 2. The Labute approximate surface area is 116 Å². The van der Waals surface area contributed by atoms with Crippen molar-refractivity contribution in [2.45, 2.75) is 50.9 Å². The van der Waals surface area contributed by atoms with Crippen LogP contribution < -0.4 is 5.32 Å². The van der Waals surface area contributed by atoms with Crippen LogP contribution in [0.25, 0.3) is 0 Å². The van der Waals surface area contributed by atoms with Crippen molar-refractivity contribution in [2.75, 3.05) is 0 Å². The van der Waals surface area contributed by atoms with Crippen LogP contribution >= 0.6 is 8.03 Å². The molecule has 0 heterocycles. The van der Waals surface area contributed by atoms with Gasteiger partial charge in [0.2, 0.25) is 5.78 Å². The van der Waals surface area contributed by atoms with Gasteiger partial charge in [-0.3, -0.25) is 5.32 Å². The zero-order valence-corrected chi connectivity index (χ0v) is 12.4. The van der Waals surface area contributed by atoms with Crippen LogP contribution in [0, 0.1) is 5.92 Å². The molecule has 0 bridgehead atoms. The van der Waals surface area contributed by atoms with Gasteiger partial charge in [0.25, 0.3) is 0 Å². The Balaban J connectivity index is 2.02. The molecule has 0 radical (unpaired) electrons. The maximum Gasteiger partial charge on any atom is 0.524 e. The summed E-state index contributed by atoms with van der Waals surface area (Å²) in [7, 11) is -2.17. The van der Waals surface area contributed by atoms with Crippen LogP contribution in [0.15, 0.2) is 30.3 Å². The van der Waals surface area contributed by atoms with E-state index in [0.717, 1.165) is 12.8 Å². The molecule has 1 aromatic carbocycles. The Hall–Kier alpha value is -0.760. The van der Waals surface area contributed by atoms with Crippen molar-refractivity contribution < 1.29 is 9.46 Å². The van der Waals surface area contributed by atoms with E-state index < -0.39 is 8.03 Å². The molecular weight excluding hydrogens is 257 g/mol. The summed E-state index contributed by atoms with van der Waals surface area (Å²) >= 11 is 0. The maximum atomic E-state index is 11.7. The Morgan fingerprint density at radius 1 is 1.21 bits per heavy atom. The van der Waals surface area contributed by atoms with Gasteiger partial charge in [0, 0.05) is 12.0 Å². The summed E-state index contributed by atoms with van der Waals surface area (Å²) in [6.45, 7) is 2.06. The Morgan fingerprint density at radius 3 is 2.42 bits per heavy atom. The normalized spacial score (nSPS) is 20.8. The largest absolute Gasteiger partial charge is 0.524 e. The molecule has 1 unspecified atom stereocenters. The molecule has 1 saturated carbocycles. The van der Waals surface area contributed by atoms with Gasteiger partial charge in [-0.2, -0.15) is 4.89 Å². The minimum absolute atomic E-state index is 0.110. The summed E-state index contributed by atoms with van der Waals surface area (Å²) < 4.78 is 11.7. The van der Waals surface area contributed by atoms with E-state index >= 15 is 0 Å². The van der Waals surface area contributed by atoms with E-state index in [-0.39, 0.29) is 11.8 Å². The molecule has 4 heteroatoms. The molecular formula is C15H23NO2P+. The fraction of sp³-hybridized carbons (Fsp3) is 0.600. The summed E-state index contributed by atoms with van der Waals surface area (Å²) in [5, 5.41) is 3.37. The molecule has 104 valence electrons. The molecule has 19 heavy (non-hydrogen) atoms. The molecule has 3 nitrogen and oxygen atoms in total. The lowest BCUT2D eigenvalue weighted by molar-refractivity contribution is 0.293. The summed E-state index contributed by atoms with van der Waals surface area (Å²) in [6.07, 6.45) is 5.78. The van der Waals surface area contributed by atoms with Crippen LogP contribution in [0.1, 0.15) is 50.6 Å². The molecule has 1 fully saturated rings. The molecule has 1 aromatic rings. The average molecular weight is 280 g/mol. The fourth-order valence-electron chi connectivity index (χ4n) is 2.92. The van der Waals surface area contributed by atoms with Crippen molar-refractivity contribution >= 4 is 8.03 Å². The van der Waals surface area contributed by atoms with Gasteiger partial charge in [-0.1, -0.05) is 49.6 Å². The quantitative estimate of drug-likeness (QED) is 0.802. The lowest BCUT2D eigenvalue weighted by Crippen LogP contribution is -2.36. The van der Waals surface area contributed by atoms with Gasteiger partial charge < -0.3 is 0 Å². The van der Waals surface area contributed by atoms with Crippen LogP contribution in [-0.2, 0) is 4.57 Å². The lowest BCUT2D eigenvalue weighted by Gasteiger charge is -2.25. The minimum atomic E-state index is -2.17. The second-order valence-corrected chi connectivity index (χ2v) is 6.61. The first kappa shape index (κ1) is 14.6. The van der Waals surface area contributed by atoms with Crippen molar-refractivity contribution in [3.05, 3.63) is 35.9 Å². The molecule has 0 saturated heterocycles. The maximum absolute atomic E-state index is 11.7. The Kier molecular flexibility index (Phi) is 5.50. The van der Waals surface area contributed by atoms with Crippen molar-refractivity contribution in [3.8, 4) is 0 Å². The smallest absolute Gasteiger partial charge is 0.264 e. The molecule has 1 aliphatic carbocycles. The van der Waals surface area contributed by atoms with Crippen molar-refractivity contribution in [2.24, 2.45) is 5.92 Å². The van der Waals surface area contributed by atoms with E-state index in [1.807, 2.05) is 18.2 Å². The highest BCUT2D eigenvalue weighted by molar-refractivity contribution is 7.38. The van der Waals surface area contributed by atoms with Gasteiger partial charge in [-0.05, 0) is 29.9 Å². The van der Waals surface area contributed by atoms with Gasteiger partial charge in [0.05, 0.1) is 0 Å². The first-order chi connectivity index (χ1) is 9.18. The Bertz CT molecular complexity index is 404. The Morgan fingerprint density at radius 2 is 1.84 bits per heavy atom. The van der Waals surface area contributed by atoms with Crippen molar-refractivity contribution in [1.82, 2.24) is 5.32 Å². The predicted molar refractivity (Wildman–Crippen MR) is 78.2 cm³/mol. The van der Waals surface area contributed by atoms with E-state index in [9.17, 15) is 9.46 Å². The SMILES string of the molecule is C[C@@H](N[C@H](C1CCCCC1)[P+](=O)O)c1ccccc1. The monoisotopic (exact) mass is 280 g/mol. The summed E-state index contributed by atoms with van der Waals surface area (Å²) in [6, 6.07) is 10.2. The molecule has 0 aromatic heterocycles. The van der Waals surface area contributed by atoms with Crippen molar-refractivity contribution in [1.29, 1.82) is 0 Å². The number of nitrogens with one attached hydrogen (secondary N) is 1. The second kappa shape index (κ2) is 7.14. The predicted octanol–water partition coefficient (Wildman–Crippen LogP) is 3.98. The average Bonchev–Trinajstić information content (AvgIpc) is 2.46. The molecule has 0 amide bonds. The van der Waals surface area contributed by atoms with Crippen LogP contribution in [0.3, 0.4) is 0 Å². The van der Waals surface area contributed by atoms with Crippen LogP contribution in [0.2, 0.25) is 0 Å². The van der Waals surface area contributed by atoms with E-state index in [2.05, 4.69) is 24.4 Å². The topological polar surface area (TPSA) is 49.3 Å². The van der Waals surface area contributed by atoms with E-state index in [0.29, 0.717) is 5.92 Å². The number of benzene rings is 1. The molecule has 1 aliphatic rings. The molecule has 2 rings (SSSR count). The summed E-state index contributed by atoms with van der Waals surface area (Å²) in [4.78, 5) is 9.61. The highest BCUT2D eigenvalue weighted by atomic mass is 31.1. The number of hydrogen-bond acceptors (Lipinski definition) is 2. The highest BCUT2D eigenvalue weighted by Gasteiger charge is 2.38. The third-order valence-corrected chi connectivity index (χ3v) is 5.10. The molecule has 0 aliphatic heterocycles.